The summed E-state index contributed by atoms with van der Waals surface area (Å²) in [7, 11) is -1.86. The minimum atomic E-state index is -3.36. The number of carboxylic acids is 1. The summed E-state index contributed by atoms with van der Waals surface area (Å²) in [5, 5.41) is 8.88. The van der Waals surface area contributed by atoms with Crippen molar-refractivity contribution in [2.24, 2.45) is 5.92 Å². The summed E-state index contributed by atoms with van der Waals surface area (Å²) in [6, 6.07) is -0.144. The van der Waals surface area contributed by atoms with Crippen LogP contribution in [0.4, 0.5) is 0 Å². The van der Waals surface area contributed by atoms with E-state index >= 15 is 0 Å². The molecule has 0 aromatic carbocycles. The second-order valence-electron chi connectivity index (χ2n) is 5.05. The van der Waals surface area contributed by atoms with Gasteiger partial charge < -0.3 is 9.84 Å². The highest BCUT2D eigenvalue weighted by molar-refractivity contribution is 7.89. The van der Waals surface area contributed by atoms with E-state index < -0.39 is 16.0 Å². The third-order valence-corrected chi connectivity index (χ3v) is 5.12. The van der Waals surface area contributed by atoms with Crippen LogP contribution in [0.15, 0.2) is 0 Å². The Morgan fingerprint density at radius 1 is 1.37 bits per heavy atom. The van der Waals surface area contributed by atoms with Crippen LogP contribution in [-0.4, -0.2) is 44.5 Å². The summed E-state index contributed by atoms with van der Waals surface area (Å²) in [6.45, 7) is 1.88. The van der Waals surface area contributed by atoms with Crippen LogP contribution in [0.5, 0.6) is 0 Å². The molecule has 1 saturated carbocycles. The van der Waals surface area contributed by atoms with Gasteiger partial charge in [0, 0.05) is 13.2 Å². The van der Waals surface area contributed by atoms with Crippen LogP contribution in [0.1, 0.15) is 39.0 Å². The van der Waals surface area contributed by atoms with Crippen molar-refractivity contribution in [1.82, 2.24) is 4.72 Å². The molecule has 0 saturated heterocycles. The SMILES string of the molecule is CCC(CS(=O)(=O)NC1CCC(C(=O)O)CC1)OC. The predicted molar refractivity (Wildman–Crippen MR) is 71.4 cm³/mol. The van der Waals surface area contributed by atoms with Gasteiger partial charge in [0.2, 0.25) is 10.0 Å². The van der Waals surface area contributed by atoms with Crippen LogP contribution in [0.25, 0.3) is 0 Å². The Bertz CT molecular complexity index is 383. The number of rotatable bonds is 7. The maximum Gasteiger partial charge on any atom is 0.306 e. The molecule has 1 aliphatic carbocycles. The van der Waals surface area contributed by atoms with Gasteiger partial charge in [0.05, 0.1) is 17.8 Å². The molecule has 7 heteroatoms. The quantitative estimate of drug-likeness (QED) is 0.729. The lowest BCUT2D eigenvalue weighted by atomic mass is 9.87. The van der Waals surface area contributed by atoms with Crippen molar-refractivity contribution in [2.75, 3.05) is 12.9 Å². The number of carbonyl (C=O) groups is 1. The van der Waals surface area contributed by atoms with Crippen LogP contribution >= 0.6 is 0 Å². The summed E-state index contributed by atoms with van der Waals surface area (Å²) in [5.41, 5.74) is 0. The summed E-state index contributed by atoms with van der Waals surface area (Å²) < 4.78 is 31.6. The summed E-state index contributed by atoms with van der Waals surface area (Å²) in [4.78, 5) is 10.8. The van der Waals surface area contributed by atoms with Crippen LogP contribution in [0.3, 0.4) is 0 Å². The molecule has 112 valence electrons. The molecular weight excluding hydrogens is 270 g/mol. The van der Waals surface area contributed by atoms with Gasteiger partial charge in [-0.3, -0.25) is 4.79 Å². The summed E-state index contributed by atoms with van der Waals surface area (Å²) in [5.74, 6) is -1.16. The van der Waals surface area contributed by atoms with Gasteiger partial charge in [-0.05, 0) is 32.1 Å². The molecule has 0 aromatic heterocycles. The first-order valence-corrected chi connectivity index (χ1v) is 8.28. The number of methoxy groups -OCH3 is 1. The lowest BCUT2D eigenvalue weighted by Gasteiger charge is -2.27. The van der Waals surface area contributed by atoms with Gasteiger partial charge in [0.1, 0.15) is 0 Å². The minimum Gasteiger partial charge on any atom is -0.481 e. The minimum absolute atomic E-state index is 0.0428. The Labute approximate surface area is 114 Å². The molecule has 1 rings (SSSR count). The van der Waals surface area contributed by atoms with Crippen molar-refractivity contribution in [1.29, 1.82) is 0 Å². The Morgan fingerprint density at radius 2 is 1.95 bits per heavy atom. The molecule has 0 heterocycles. The standard InChI is InChI=1S/C12H23NO5S/c1-3-11(18-2)8-19(16,17)13-10-6-4-9(5-7-10)12(14)15/h9-11,13H,3-8H2,1-2H3,(H,14,15). The van der Waals surface area contributed by atoms with Crippen molar-refractivity contribution < 1.29 is 23.1 Å². The van der Waals surface area contributed by atoms with Crippen LogP contribution in [-0.2, 0) is 19.6 Å². The van der Waals surface area contributed by atoms with E-state index in [4.69, 9.17) is 9.84 Å². The Balaban J connectivity index is 2.45. The van der Waals surface area contributed by atoms with Gasteiger partial charge in [-0.1, -0.05) is 6.92 Å². The highest BCUT2D eigenvalue weighted by Gasteiger charge is 2.29. The highest BCUT2D eigenvalue weighted by atomic mass is 32.2. The van der Waals surface area contributed by atoms with Crippen molar-refractivity contribution >= 4 is 16.0 Å². The smallest absolute Gasteiger partial charge is 0.306 e. The van der Waals surface area contributed by atoms with E-state index in [-0.39, 0.29) is 23.8 Å². The molecule has 2 N–H and O–H groups in total. The van der Waals surface area contributed by atoms with Crippen LogP contribution in [0, 0.1) is 5.92 Å². The largest absolute Gasteiger partial charge is 0.481 e. The van der Waals surface area contributed by atoms with E-state index in [0.717, 1.165) is 0 Å². The van der Waals surface area contributed by atoms with E-state index in [1.54, 1.807) is 0 Å². The van der Waals surface area contributed by atoms with E-state index in [9.17, 15) is 13.2 Å². The number of sulfonamides is 1. The normalized spacial score (nSPS) is 26.0. The lowest BCUT2D eigenvalue weighted by molar-refractivity contribution is -0.142. The predicted octanol–water partition coefficient (Wildman–Crippen LogP) is 0.974. The van der Waals surface area contributed by atoms with Gasteiger partial charge in [0.25, 0.3) is 0 Å². The monoisotopic (exact) mass is 293 g/mol. The average Bonchev–Trinajstić information content (AvgIpc) is 2.36. The van der Waals surface area contributed by atoms with Gasteiger partial charge in [-0.2, -0.15) is 0 Å². The first-order valence-electron chi connectivity index (χ1n) is 6.63. The molecule has 0 amide bonds. The molecule has 0 aromatic rings. The third-order valence-electron chi connectivity index (χ3n) is 3.62. The van der Waals surface area contributed by atoms with Crippen LogP contribution in [0.2, 0.25) is 0 Å². The molecule has 6 nitrogen and oxygen atoms in total. The number of hydrogen-bond acceptors (Lipinski definition) is 4. The van der Waals surface area contributed by atoms with E-state index in [0.29, 0.717) is 32.1 Å². The maximum absolute atomic E-state index is 11.9. The summed E-state index contributed by atoms with van der Waals surface area (Å²) in [6.07, 6.45) is 2.57. The summed E-state index contributed by atoms with van der Waals surface area (Å²) >= 11 is 0. The second kappa shape index (κ2) is 7.21. The molecule has 19 heavy (non-hydrogen) atoms. The molecule has 1 aliphatic rings. The fourth-order valence-corrected chi connectivity index (χ4v) is 4.06. The number of hydrogen-bond donors (Lipinski definition) is 2. The van der Waals surface area contributed by atoms with Crippen molar-refractivity contribution in [3.8, 4) is 0 Å². The fourth-order valence-electron chi connectivity index (χ4n) is 2.36. The fraction of sp³-hybridized carbons (Fsp3) is 0.917. The molecule has 1 unspecified atom stereocenters. The number of aliphatic carboxylic acids is 1. The zero-order valence-corrected chi connectivity index (χ0v) is 12.3. The second-order valence-corrected chi connectivity index (χ2v) is 6.85. The Morgan fingerprint density at radius 3 is 2.37 bits per heavy atom. The van der Waals surface area contributed by atoms with Gasteiger partial charge >= 0.3 is 5.97 Å². The number of nitrogens with one attached hydrogen (secondary N) is 1. The molecule has 1 fully saturated rings. The van der Waals surface area contributed by atoms with Crippen LogP contribution < -0.4 is 4.72 Å². The molecule has 0 spiro atoms. The van der Waals surface area contributed by atoms with E-state index in [1.165, 1.54) is 7.11 Å². The third kappa shape index (κ3) is 5.46. The molecular formula is C12H23NO5S. The lowest BCUT2D eigenvalue weighted by Crippen LogP contribution is -2.42. The first kappa shape index (κ1) is 16.4. The zero-order valence-electron chi connectivity index (χ0n) is 11.5. The number of carboxylic acid groups (broad SMARTS) is 1. The van der Waals surface area contributed by atoms with Crippen molar-refractivity contribution in [3.05, 3.63) is 0 Å². The zero-order chi connectivity index (χ0) is 14.5. The molecule has 0 bridgehead atoms. The van der Waals surface area contributed by atoms with Crippen molar-refractivity contribution in [2.45, 2.75) is 51.2 Å². The Hall–Kier alpha value is -0.660. The highest BCUT2D eigenvalue weighted by Crippen LogP contribution is 2.24. The average molecular weight is 293 g/mol. The van der Waals surface area contributed by atoms with E-state index in [2.05, 4.69) is 4.72 Å². The van der Waals surface area contributed by atoms with E-state index in [1.807, 2.05) is 6.92 Å². The molecule has 1 atom stereocenters. The van der Waals surface area contributed by atoms with Crippen molar-refractivity contribution in [3.63, 3.8) is 0 Å². The Kier molecular flexibility index (Phi) is 6.22. The first-order chi connectivity index (χ1) is 8.88. The van der Waals surface area contributed by atoms with Gasteiger partial charge in [0.15, 0.2) is 0 Å². The number of ether oxygens (including phenoxy) is 1. The molecule has 0 aliphatic heterocycles. The maximum atomic E-state index is 11.9. The molecule has 0 radical (unpaired) electrons. The topological polar surface area (TPSA) is 92.7 Å². The van der Waals surface area contributed by atoms with Gasteiger partial charge in [-0.25, -0.2) is 13.1 Å². The van der Waals surface area contributed by atoms with Gasteiger partial charge in [-0.15, -0.1) is 0 Å².